The summed E-state index contributed by atoms with van der Waals surface area (Å²) >= 11 is 5.75. The van der Waals surface area contributed by atoms with Crippen molar-refractivity contribution in [2.24, 2.45) is 0 Å². The summed E-state index contributed by atoms with van der Waals surface area (Å²) in [6.45, 7) is 1.94. The fourth-order valence-corrected chi connectivity index (χ4v) is 1.26. The third-order valence-electron chi connectivity index (χ3n) is 1.70. The zero-order valence-electron chi connectivity index (χ0n) is 7.11. The van der Waals surface area contributed by atoms with E-state index in [2.05, 4.69) is 10.1 Å². The van der Waals surface area contributed by atoms with Gasteiger partial charge in [-0.2, -0.15) is 5.10 Å². The molecule has 0 N–H and O–H groups in total. The van der Waals surface area contributed by atoms with E-state index in [1.54, 1.807) is 16.9 Å². The van der Waals surface area contributed by atoms with Crippen molar-refractivity contribution in [2.45, 2.75) is 6.92 Å². The van der Waals surface area contributed by atoms with Gasteiger partial charge in [0.2, 0.25) is 0 Å². The normalized spacial score (nSPS) is 10.3. The Balaban J connectivity index is 2.46. The van der Waals surface area contributed by atoms with Crippen molar-refractivity contribution in [3.8, 4) is 5.69 Å². The van der Waals surface area contributed by atoms with Crippen LogP contribution in [0.2, 0.25) is 5.15 Å². The van der Waals surface area contributed by atoms with E-state index in [4.69, 9.17) is 11.6 Å². The van der Waals surface area contributed by atoms with Crippen molar-refractivity contribution >= 4 is 11.6 Å². The predicted octanol–water partition coefficient (Wildman–Crippen LogP) is 2.23. The standard InChI is InChI=1S/C9H8ClN3/c1-7-3-5-13(12-7)8-2-4-11-9(10)6-8/h2-6H,1H3. The van der Waals surface area contributed by atoms with E-state index in [-0.39, 0.29) is 0 Å². The van der Waals surface area contributed by atoms with Gasteiger partial charge in [0.05, 0.1) is 11.4 Å². The second-order valence-electron chi connectivity index (χ2n) is 2.74. The molecule has 4 heteroatoms. The lowest BCUT2D eigenvalue weighted by molar-refractivity contribution is 0.860. The molecule has 0 aliphatic carbocycles. The Kier molecular flexibility index (Phi) is 2.02. The van der Waals surface area contributed by atoms with Crippen LogP contribution in [0.4, 0.5) is 0 Å². The molecule has 0 radical (unpaired) electrons. The van der Waals surface area contributed by atoms with Gasteiger partial charge in [0, 0.05) is 18.5 Å². The molecule has 0 aromatic carbocycles. The Morgan fingerprint density at radius 3 is 2.85 bits per heavy atom. The van der Waals surface area contributed by atoms with Crippen molar-refractivity contribution in [3.05, 3.63) is 41.4 Å². The van der Waals surface area contributed by atoms with Crippen molar-refractivity contribution in [3.63, 3.8) is 0 Å². The molecule has 0 saturated carbocycles. The van der Waals surface area contributed by atoms with Gasteiger partial charge in [-0.25, -0.2) is 9.67 Å². The SMILES string of the molecule is Cc1ccn(-c2ccnc(Cl)c2)n1. The average Bonchev–Trinajstić information content (AvgIpc) is 2.52. The molecule has 0 atom stereocenters. The van der Waals surface area contributed by atoms with Gasteiger partial charge in [0.25, 0.3) is 0 Å². The molecule has 0 fully saturated rings. The smallest absolute Gasteiger partial charge is 0.131 e. The monoisotopic (exact) mass is 193 g/mol. The lowest BCUT2D eigenvalue weighted by Gasteiger charge is -1.99. The van der Waals surface area contributed by atoms with Crippen molar-refractivity contribution < 1.29 is 0 Å². The van der Waals surface area contributed by atoms with Crippen molar-refractivity contribution in [2.75, 3.05) is 0 Å². The van der Waals surface area contributed by atoms with Crippen LogP contribution in [0.5, 0.6) is 0 Å². The van der Waals surface area contributed by atoms with E-state index in [0.717, 1.165) is 11.4 Å². The van der Waals surface area contributed by atoms with E-state index in [1.165, 1.54) is 0 Å². The summed E-state index contributed by atoms with van der Waals surface area (Å²) in [6, 6.07) is 5.57. The van der Waals surface area contributed by atoms with Crippen molar-refractivity contribution in [1.82, 2.24) is 14.8 Å². The molecule has 2 aromatic rings. The van der Waals surface area contributed by atoms with Gasteiger partial charge >= 0.3 is 0 Å². The molecule has 0 unspecified atom stereocenters. The molecule has 2 rings (SSSR count). The predicted molar refractivity (Wildman–Crippen MR) is 51.1 cm³/mol. The molecule has 0 aliphatic rings. The highest BCUT2D eigenvalue weighted by molar-refractivity contribution is 6.29. The molecule has 0 bridgehead atoms. The van der Waals surface area contributed by atoms with Crippen molar-refractivity contribution in [1.29, 1.82) is 0 Å². The molecule has 2 aromatic heterocycles. The van der Waals surface area contributed by atoms with Crippen LogP contribution in [-0.4, -0.2) is 14.8 Å². The first kappa shape index (κ1) is 8.26. The highest BCUT2D eigenvalue weighted by atomic mass is 35.5. The first-order valence-corrected chi connectivity index (χ1v) is 4.28. The van der Waals surface area contributed by atoms with E-state index in [0.29, 0.717) is 5.15 Å². The Morgan fingerprint density at radius 2 is 2.23 bits per heavy atom. The Morgan fingerprint density at radius 1 is 1.38 bits per heavy atom. The van der Waals surface area contributed by atoms with Gasteiger partial charge in [0.15, 0.2) is 0 Å². The van der Waals surface area contributed by atoms with Gasteiger partial charge in [0.1, 0.15) is 5.15 Å². The lowest BCUT2D eigenvalue weighted by Crippen LogP contribution is -1.94. The second kappa shape index (κ2) is 3.18. The van der Waals surface area contributed by atoms with Gasteiger partial charge in [-0.15, -0.1) is 0 Å². The number of aryl methyl sites for hydroxylation is 1. The largest absolute Gasteiger partial charge is 0.244 e. The van der Waals surface area contributed by atoms with Crippen LogP contribution < -0.4 is 0 Å². The minimum absolute atomic E-state index is 0.477. The minimum atomic E-state index is 0.477. The maximum atomic E-state index is 5.75. The molecular formula is C9H8ClN3. The number of aromatic nitrogens is 3. The fourth-order valence-electron chi connectivity index (χ4n) is 1.09. The van der Waals surface area contributed by atoms with E-state index < -0.39 is 0 Å². The molecule has 3 nitrogen and oxygen atoms in total. The molecule has 0 amide bonds. The Hall–Kier alpha value is -1.35. The molecule has 0 spiro atoms. The quantitative estimate of drug-likeness (QED) is 0.651. The first-order chi connectivity index (χ1) is 6.25. The molecule has 13 heavy (non-hydrogen) atoms. The van der Waals surface area contributed by atoms with Crippen LogP contribution >= 0.6 is 11.6 Å². The molecular weight excluding hydrogens is 186 g/mol. The van der Waals surface area contributed by atoms with Crippen LogP contribution in [-0.2, 0) is 0 Å². The molecule has 66 valence electrons. The van der Waals surface area contributed by atoms with E-state index in [1.807, 2.05) is 25.3 Å². The van der Waals surface area contributed by atoms with Crippen LogP contribution in [0.15, 0.2) is 30.6 Å². The van der Waals surface area contributed by atoms with Crippen LogP contribution in [0.25, 0.3) is 5.69 Å². The number of nitrogens with zero attached hydrogens (tertiary/aromatic N) is 3. The maximum absolute atomic E-state index is 5.75. The zero-order chi connectivity index (χ0) is 9.26. The summed E-state index contributed by atoms with van der Waals surface area (Å²) in [4.78, 5) is 3.90. The van der Waals surface area contributed by atoms with Gasteiger partial charge in [-0.3, -0.25) is 0 Å². The Bertz CT molecular complexity index is 422. The zero-order valence-corrected chi connectivity index (χ0v) is 7.86. The number of rotatable bonds is 1. The van der Waals surface area contributed by atoms with Gasteiger partial charge < -0.3 is 0 Å². The third kappa shape index (κ3) is 1.70. The topological polar surface area (TPSA) is 30.7 Å². The van der Waals surface area contributed by atoms with Crippen LogP contribution in [0, 0.1) is 6.92 Å². The number of pyridine rings is 1. The van der Waals surface area contributed by atoms with Gasteiger partial charge in [-0.1, -0.05) is 11.6 Å². The minimum Gasteiger partial charge on any atom is -0.244 e. The average molecular weight is 194 g/mol. The Labute approximate surface area is 81.0 Å². The maximum Gasteiger partial charge on any atom is 0.131 e. The molecule has 2 heterocycles. The highest BCUT2D eigenvalue weighted by Gasteiger charge is 1.98. The number of halogens is 1. The summed E-state index contributed by atoms with van der Waals surface area (Å²) in [5.41, 5.74) is 1.90. The van der Waals surface area contributed by atoms with Gasteiger partial charge in [-0.05, 0) is 19.1 Å². The highest BCUT2D eigenvalue weighted by Crippen LogP contribution is 2.11. The summed E-state index contributed by atoms with van der Waals surface area (Å²) in [6.07, 6.45) is 3.55. The summed E-state index contributed by atoms with van der Waals surface area (Å²) in [7, 11) is 0. The van der Waals surface area contributed by atoms with Crippen LogP contribution in [0.3, 0.4) is 0 Å². The molecule has 0 saturated heterocycles. The fraction of sp³-hybridized carbons (Fsp3) is 0.111. The van der Waals surface area contributed by atoms with E-state index >= 15 is 0 Å². The summed E-state index contributed by atoms with van der Waals surface area (Å²) in [5.74, 6) is 0. The first-order valence-electron chi connectivity index (χ1n) is 3.90. The number of hydrogen-bond acceptors (Lipinski definition) is 2. The molecule has 0 aliphatic heterocycles. The third-order valence-corrected chi connectivity index (χ3v) is 1.90. The summed E-state index contributed by atoms with van der Waals surface area (Å²) in [5, 5.41) is 4.73. The van der Waals surface area contributed by atoms with Crippen LogP contribution in [0.1, 0.15) is 5.69 Å². The summed E-state index contributed by atoms with van der Waals surface area (Å²) < 4.78 is 1.77. The number of hydrogen-bond donors (Lipinski definition) is 0. The second-order valence-corrected chi connectivity index (χ2v) is 3.13. The van der Waals surface area contributed by atoms with E-state index in [9.17, 15) is 0 Å². The lowest BCUT2D eigenvalue weighted by atomic mass is 10.4.